The number of aromatic hydroxyl groups is 1. The second-order valence-electron chi connectivity index (χ2n) is 4.48. The SMILES string of the molecule is Oc1cccc(-c2nc(Cc3ccc(F)cc3F)no2)c1. The van der Waals surface area contributed by atoms with Crippen molar-refractivity contribution in [3.63, 3.8) is 0 Å². The van der Waals surface area contributed by atoms with Crippen molar-refractivity contribution in [2.24, 2.45) is 0 Å². The number of nitrogens with zero attached hydrogens (tertiary/aromatic N) is 2. The number of rotatable bonds is 3. The zero-order valence-corrected chi connectivity index (χ0v) is 10.8. The predicted molar refractivity (Wildman–Crippen MR) is 70.6 cm³/mol. The lowest BCUT2D eigenvalue weighted by atomic mass is 10.1. The summed E-state index contributed by atoms with van der Waals surface area (Å²) in [6.45, 7) is 0. The molecule has 1 heterocycles. The standard InChI is InChI=1S/C15H10F2N2O2/c16-11-5-4-9(13(17)8-11)7-14-18-15(21-19-14)10-2-1-3-12(20)6-10/h1-6,8,20H,7H2. The average Bonchev–Trinajstić information content (AvgIpc) is 2.91. The van der Waals surface area contributed by atoms with Gasteiger partial charge in [0, 0.05) is 18.1 Å². The van der Waals surface area contributed by atoms with E-state index in [1.54, 1.807) is 12.1 Å². The lowest BCUT2D eigenvalue weighted by Gasteiger charge is -1.99. The molecule has 6 heteroatoms. The van der Waals surface area contributed by atoms with Crippen molar-refractivity contribution in [2.45, 2.75) is 6.42 Å². The van der Waals surface area contributed by atoms with Gasteiger partial charge in [-0.05, 0) is 29.8 Å². The highest BCUT2D eigenvalue weighted by Gasteiger charge is 2.12. The molecular formula is C15H10F2N2O2. The van der Waals surface area contributed by atoms with E-state index < -0.39 is 11.6 Å². The normalized spacial score (nSPS) is 10.8. The summed E-state index contributed by atoms with van der Waals surface area (Å²) in [5.41, 5.74) is 0.841. The molecule has 0 radical (unpaired) electrons. The Morgan fingerprint density at radius 1 is 1.10 bits per heavy atom. The molecule has 1 aromatic heterocycles. The predicted octanol–water partition coefficient (Wildman–Crippen LogP) is 3.31. The first-order chi connectivity index (χ1) is 10.1. The van der Waals surface area contributed by atoms with Crippen molar-refractivity contribution in [3.05, 3.63) is 65.5 Å². The molecule has 2 aromatic carbocycles. The Balaban J connectivity index is 1.85. The number of phenolic OH excluding ortho intramolecular Hbond substituents is 1. The van der Waals surface area contributed by atoms with E-state index >= 15 is 0 Å². The van der Waals surface area contributed by atoms with Gasteiger partial charge in [0.25, 0.3) is 5.89 Å². The zero-order valence-electron chi connectivity index (χ0n) is 10.8. The Morgan fingerprint density at radius 3 is 2.71 bits per heavy atom. The summed E-state index contributed by atoms with van der Waals surface area (Å²) in [4.78, 5) is 4.13. The maximum atomic E-state index is 13.6. The fourth-order valence-electron chi connectivity index (χ4n) is 1.92. The topological polar surface area (TPSA) is 59.2 Å². The van der Waals surface area contributed by atoms with Crippen LogP contribution in [0.15, 0.2) is 47.0 Å². The van der Waals surface area contributed by atoms with Crippen LogP contribution in [0.25, 0.3) is 11.5 Å². The van der Waals surface area contributed by atoms with Gasteiger partial charge in [0.15, 0.2) is 5.82 Å². The Kier molecular flexibility index (Phi) is 3.35. The second kappa shape index (κ2) is 5.32. The molecule has 0 amide bonds. The van der Waals surface area contributed by atoms with Gasteiger partial charge in [-0.25, -0.2) is 8.78 Å². The molecule has 0 spiro atoms. The molecule has 0 aliphatic carbocycles. The van der Waals surface area contributed by atoms with Crippen molar-refractivity contribution in [2.75, 3.05) is 0 Å². The van der Waals surface area contributed by atoms with E-state index in [1.165, 1.54) is 24.3 Å². The average molecular weight is 288 g/mol. The number of aromatic nitrogens is 2. The minimum absolute atomic E-state index is 0.0804. The van der Waals surface area contributed by atoms with Gasteiger partial charge in [-0.3, -0.25) is 0 Å². The minimum atomic E-state index is -0.654. The van der Waals surface area contributed by atoms with Crippen LogP contribution in [-0.4, -0.2) is 15.2 Å². The van der Waals surface area contributed by atoms with Crippen molar-refractivity contribution in [1.82, 2.24) is 10.1 Å². The fourth-order valence-corrected chi connectivity index (χ4v) is 1.92. The van der Waals surface area contributed by atoms with Crippen LogP contribution in [0.2, 0.25) is 0 Å². The summed E-state index contributed by atoms with van der Waals surface area (Å²) in [5, 5.41) is 13.2. The molecule has 0 aliphatic rings. The van der Waals surface area contributed by atoms with E-state index in [0.29, 0.717) is 5.56 Å². The van der Waals surface area contributed by atoms with Crippen molar-refractivity contribution in [3.8, 4) is 17.2 Å². The molecule has 0 saturated heterocycles. The van der Waals surface area contributed by atoms with E-state index in [1.807, 2.05) is 0 Å². The van der Waals surface area contributed by atoms with Crippen LogP contribution >= 0.6 is 0 Å². The molecule has 4 nitrogen and oxygen atoms in total. The highest BCUT2D eigenvalue weighted by molar-refractivity contribution is 5.55. The summed E-state index contributed by atoms with van der Waals surface area (Å²) in [6.07, 6.45) is 0.0917. The van der Waals surface area contributed by atoms with Crippen molar-refractivity contribution < 1.29 is 18.4 Å². The van der Waals surface area contributed by atoms with Gasteiger partial charge in [-0.2, -0.15) is 4.98 Å². The molecule has 1 N–H and O–H groups in total. The molecule has 0 unspecified atom stereocenters. The van der Waals surface area contributed by atoms with Crippen LogP contribution in [0.3, 0.4) is 0 Å². The summed E-state index contributed by atoms with van der Waals surface area (Å²) >= 11 is 0. The first kappa shape index (κ1) is 13.2. The molecule has 0 fully saturated rings. The Labute approximate surface area is 118 Å². The molecule has 106 valence electrons. The van der Waals surface area contributed by atoms with Gasteiger partial charge in [0.05, 0.1) is 0 Å². The second-order valence-corrected chi connectivity index (χ2v) is 4.48. The molecule has 3 aromatic rings. The number of benzene rings is 2. The van der Waals surface area contributed by atoms with Crippen molar-refractivity contribution in [1.29, 1.82) is 0 Å². The summed E-state index contributed by atoms with van der Waals surface area (Å²) in [7, 11) is 0. The third kappa shape index (κ3) is 2.89. The number of hydrogen-bond acceptors (Lipinski definition) is 4. The number of phenols is 1. The molecule has 21 heavy (non-hydrogen) atoms. The summed E-state index contributed by atoms with van der Waals surface area (Å²) < 4.78 is 31.5. The van der Waals surface area contributed by atoms with E-state index in [4.69, 9.17) is 4.52 Å². The number of hydrogen-bond donors (Lipinski definition) is 1. The van der Waals surface area contributed by atoms with Gasteiger partial charge < -0.3 is 9.63 Å². The molecule has 0 saturated carbocycles. The molecular weight excluding hydrogens is 278 g/mol. The van der Waals surface area contributed by atoms with Crippen LogP contribution in [0.5, 0.6) is 5.75 Å². The van der Waals surface area contributed by atoms with Crippen LogP contribution < -0.4 is 0 Å². The highest BCUT2D eigenvalue weighted by atomic mass is 19.1. The maximum Gasteiger partial charge on any atom is 0.258 e. The third-order valence-electron chi connectivity index (χ3n) is 2.92. The molecule has 0 bridgehead atoms. The lowest BCUT2D eigenvalue weighted by Crippen LogP contribution is -1.95. The monoisotopic (exact) mass is 288 g/mol. The van der Waals surface area contributed by atoms with E-state index in [9.17, 15) is 13.9 Å². The summed E-state index contributed by atoms with van der Waals surface area (Å²) in [6, 6.07) is 9.68. The quantitative estimate of drug-likeness (QED) is 0.803. The van der Waals surface area contributed by atoms with Crippen LogP contribution in [-0.2, 0) is 6.42 Å². The van der Waals surface area contributed by atoms with Crippen molar-refractivity contribution >= 4 is 0 Å². The summed E-state index contributed by atoms with van der Waals surface area (Å²) in [5.74, 6) is -0.706. The van der Waals surface area contributed by atoms with Gasteiger partial charge in [0.2, 0.25) is 0 Å². The molecule has 0 aliphatic heterocycles. The van der Waals surface area contributed by atoms with Gasteiger partial charge >= 0.3 is 0 Å². The lowest BCUT2D eigenvalue weighted by molar-refractivity contribution is 0.423. The first-order valence-electron chi connectivity index (χ1n) is 6.18. The molecule has 3 rings (SSSR count). The molecule has 0 atom stereocenters. The number of halogens is 2. The minimum Gasteiger partial charge on any atom is -0.508 e. The van der Waals surface area contributed by atoms with Gasteiger partial charge in [-0.1, -0.05) is 17.3 Å². The van der Waals surface area contributed by atoms with E-state index in [2.05, 4.69) is 10.1 Å². The van der Waals surface area contributed by atoms with E-state index in [-0.39, 0.29) is 29.4 Å². The van der Waals surface area contributed by atoms with Crippen LogP contribution in [0, 0.1) is 11.6 Å². The Bertz CT molecular complexity index is 787. The Morgan fingerprint density at radius 2 is 1.95 bits per heavy atom. The smallest absolute Gasteiger partial charge is 0.258 e. The van der Waals surface area contributed by atoms with Gasteiger partial charge in [0.1, 0.15) is 17.4 Å². The van der Waals surface area contributed by atoms with E-state index in [0.717, 1.165) is 6.07 Å². The fraction of sp³-hybridized carbons (Fsp3) is 0.0667. The first-order valence-corrected chi connectivity index (χ1v) is 6.18. The highest BCUT2D eigenvalue weighted by Crippen LogP contribution is 2.22. The largest absolute Gasteiger partial charge is 0.508 e. The van der Waals surface area contributed by atoms with Crippen LogP contribution in [0.4, 0.5) is 8.78 Å². The van der Waals surface area contributed by atoms with Crippen LogP contribution in [0.1, 0.15) is 11.4 Å². The van der Waals surface area contributed by atoms with Gasteiger partial charge in [-0.15, -0.1) is 0 Å². The zero-order chi connectivity index (χ0) is 14.8. The Hall–Kier alpha value is -2.76. The maximum absolute atomic E-state index is 13.6. The third-order valence-corrected chi connectivity index (χ3v) is 2.92.